The summed E-state index contributed by atoms with van der Waals surface area (Å²) in [5, 5.41) is 2.87. The zero-order chi connectivity index (χ0) is 13.5. The summed E-state index contributed by atoms with van der Waals surface area (Å²) in [7, 11) is 0. The number of nitrogens with one attached hydrogen (secondary N) is 1. The Kier molecular flexibility index (Phi) is 4.95. The second-order valence-electron chi connectivity index (χ2n) is 4.86. The van der Waals surface area contributed by atoms with Crippen molar-refractivity contribution in [1.29, 1.82) is 0 Å². The van der Waals surface area contributed by atoms with Gasteiger partial charge in [0.1, 0.15) is 0 Å². The van der Waals surface area contributed by atoms with E-state index in [1.54, 1.807) is 4.90 Å². The largest absolute Gasteiger partial charge is 0.354 e. The standard InChI is InChI=1S/C15H20N2O2/c18-14(12-17-11-5-4-8-15(17)19)16-10-9-13-6-2-1-3-7-13/h1-3,6-7H,4-5,8-12H2,(H,16,18). The average Bonchev–Trinajstić information content (AvgIpc) is 2.43. The Hall–Kier alpha value is -1.84. The van der Waals surface area contributed by atoms with E-state index in [-0.39, 0.29) is 18.4 Å². The molecular weight excluding hydrogens is 240 g/mol. The molecule has 2 amide bonds. The SMILES string of the molecule is O=C(CN1CCCCC1=O)NCCc1ccccc1. The average molecular weight is 260 g/mol. The summed E-state index contributed by atoms with van der Waals surface area (Å²) in [4.78, 5) is 25.0. The summed E-state index contributed by atoms with van der Waals surface area (Å²) in [5.41, 5.74) is 1.21. The fourth-order valence-corrected chi connectivity index (χ4v) is 2.25. The lowest BCUT2D eigenvalue weighted by molar-refractivity contribution is -0.137. The van der Waals surface area contributed by atoms with Gasteiger partial charge in [0.2, 0.25) is 11.8 Å². The molecule has 102 valence electrons. The minimum Gasteiger partial charge on any atom is -0.354 e. The van der Waals surface area contributed by atoms with E-state index in [2.05, 4.69) is 5.32 Å². The van der Waals surface area contributed by atoms with Crippen molar-refractivity contribution in [2.75, 3.05) is 19.6 Å². The molecule has 0 atom stereocenters. The maximum Gasteiger partial charge on any atom is 0.239 e. The molecule has 4 heteroatoms. The van der Waals surface area contributed by atoms with Crippen molar-refractivity contribution >= 4 is 11.8 Å². The fraction of sp³-hybridized carbons (Fsp3) is 0.467. The maximum absolute atomic E-state index is 11.7. The number of likely N-dealkylation sites (tertiary alicyclic amines) is 1. The fourth-order valence-electron chi connectivity index (χ4n) is 2.25. The summed E-state index contributed by atoms with van der Waals surface area (Å²) < 4.78 is 0. The predicted octanol–water partition coefficient (Wildman–Crippen LogP) is 1.36. The highest BCUT2D eigenvalue weighted by molar-refractivity contribution is 5.85. The molecule has 1 heterocycles. The quantitative estimate of drug-likeness (QED) is 0.869. The van der Waals surface area contributed by atoms with E-state index in [0.29, 0.717) is 19.5 Å². The van der Waals surface area contributed by atoms with Crippen LogP contribution in [0.1, 0.15) is 24.8 Å². The van der Waals surface area contributed by atoms with Gasteiger partial charge in [0.05, 0.1) is 6.54 Å². The number of hydrogen-bond acceptors (Lipinski definition) is 2. The first kappa shape index (κ1) is 13.6. The van der Waals surface area contributed by atoms with E-state index in [1.165, 1.54) is 5.56 Å². The molecule has 1 aromatic rings. The van der Waals surface area contributed by atoms with Gasteiger partial charge in [-0.15, -0.1) is 0 Å². The summed E-state index contributed by atoms with van der Waals surface area (Å²) >= 11 is 0. The molecule has 0 bridgehead atoms. The second kappa shape index (κ2) is 6.92. The van der Waals surface area contributed by atoms with Crippen LogP contribution in [0.15, 0.2) is 30.3 Å². The first-order valence-corrected chi connectivity index (χ1v) is 6.84. The lowest BCUT2D eigenvalue weighted by Crippen LogP contribution is -2.43. The highest BCUT2D eigenvalue weighted by Crippen LogP contribution is 2.09. The highest BCUT2D eigenvalue weighted by Gasteiger charge is 2.19. The van der Waals surface area contributed by atoms with E-state index in [1.807, 2.05) is 30.3 Å². The molecule has 0 aromatic heterocycles. The molecule has 1 fully saturated rings. The van der Waals surface area contributed by atoms with Gasteiger partial charge in [-0.3, -0.25) is 9.59 Å². The minimum atomic E-state index is -0.0637. The number of amides is 2. The number of carbonyl (C=O) groups is 2. The van der Waals surface area contributed by atoms with E-state index < -0.39 is 0 Å². The molecule has 1 aliphatic rings. The van der Waals surface area contributed by atoms with Crippen LogP contribution in [-0.2, 0) is 16.0 Å². The van der Waals surface area contributed by atoms with Crippen LogP contribution in [0.25, 0.3) is 0 Å². The summed E-state index contributed by atoms with van der Waals surface area (Å²) in [6.07, 6.45) is 3.35. The number of carbonyl (C=O) groups excluding carboxylic acids is 2. The van der Waals surface area contributed by atoms with Gasteiger partial charge in [-0.25, -0.2) is 0 Å². The van der Waals surface area contributed by atoms with Gasteiger partial charge in [-0.05, 0) is 24.8 Å². The molecule has 0 unspecified atom stereocenters. The summed E-state index contributed by atoms with van der Waals surface area (Å²) in [6.45, 7) is 1.53. The van der Waals surface area contributed by atoms with Crippen LogP contribution >= 0.6 is 0 Å². The van der Waals surface area contributed by atoms with Crippen LogP contribution in [-0.4, -0.2) is 36.3 Å². The molecule has 0 aliphatic carbocycles. The van der Waals surface area contributed by atoms with Crippen molar-refractivity contribution < 1.29 is 9.59 Å². The normalized spacial score (nSPS) is 15.4. The smallest absolute Gasteiger partial charge is 0.239 e. The third-order valence-electron chi connectivity index (χ3n) is 3.33. The van der Waals surface area contributed by atoms with Crippen molar-refractivity contribution in [3.63, 3.8) is 0 Å². The van der Waals surface area contributed by atoms with Gasteiger partial charge in [0.15, 0.2) is 0 Å². The molecule has 0 spiro atoms. The minimum absolute atomic E-state index is 0.0637. The van der Waals surface area contributed by atoms with E-state index >= 15 is 0 Å². The lowest BCUT2D eigenvalue weighted by Gasteiger charge is -2.25. The number of nitrogens with zero attached hydrogens (tertiary/aromatic N) is 1. The Bertz CT molecular complexity index is 431. The van der Waals surface area contributed by atoms with Gasteiger partial charge in [0.25, 0.3) is 0 Å². The monoisotopic (exact) mass is 260 g/mol. The Balaban J connectivity index is 1.68. The zero-order valence-corrected chi connectivity index (χ0v) is 11.1. The Morgan fingerprint density at radius 1 is 1.21 bits per heavy atom. The molecule has 19 heavy (non-hydrogen) atoms. The zero-order valence-electron chi connectivity index (χ0n) is 11.1. The number of hydrogen-bond donors (Lipinski definition) is 1. The first-order valence-electron chi connectivity index (χ1n) is 6.84. The maximum atomic E-state index is 11.7. The molecule has 2 rings (SSSR count). The number of benzene rings is 1. The summed E-state index contributed by atoms with van der Waals surface area (Å²) in [6, 6.07) is 10.0. The molecule has 1 aromatic carbocycles. The molecule has 1 aliphatic heterocycles. The predicted molar refractivity (Wildman–Crippen MR) is 73.6 cm³/mol. The van der Waals surface area contributed by atoms with Crippen LogP contribution in [0, 0.1) is 0 Å². The van der Waals surface area contributed by atoms with Gasteiger partial charge in [-0.1, -0.05) is 30.3 Å². The number of rotatable bonds is 5. The van der Waals surface area contributed by atoms with Crippen molar-refractivity contribution in [3.8, 4) is 0 Å². The first-order chi connectivity index (χ1) is 9.25. The van der Waals surface area contributed by atoms with E-state index in [4.69, 9.17) is 0 Å². The molecule has 0 radical (unpaired) electrons. The van der Waals surface area contributed by atoms with Crippen molar-refractivity contribution in [2.24, 2.45) is 0 Å². The third kappa shape index (κ3) is 4.39. The number of piperidine rings is 1. The van der Waals surface area contributed by atoms with Crippen LogP contribution < -0.4 is 5.32 Å². The van der Waals surface area contributed by atoms with Crippen molar-refractivity contribution in [3.05, 3.63) is 35.9 Å². The molecule has 1 N–H and O–H groups in total. The Morgan fingerprint density at radius 3 is 2.74 bits per heavy atom. The van der Waals surface area contributed by atoms with Gasteiger partial charge >= 0.3 is 0 Å². The van der Waals surface area contributed by atoms with Gasteiger partial charge in [0, 0.05) is 19.5 Å². The molecule has 1 saturated heterocycles. The molecule has 4 nitrogen and oxygen atoms in total. The van der Waals surface area contributed by atoms with Crippen molar-refractivity contribution in [2.45, 2.75) is 25.7 Å². The van der Waals surface area contributed by atoms with Crippen LogP contribution in [0.2, 0.25) is 0 Å². The highest BCUT2D eigenvalue weighted by atomic mass is 16.2. The topological polar surface area (TPSA) is 49.4 Å². The van der Waals surface area contributed by atoms with Gasteiger partial charge in [-0.2, -0.15) is 0 Å². The van der Waals surface area contributed by atoms with Crippen LogP contribution in [0.4, 0.5) is 0 Å². The van der Waals surface area contributed by atoms with E-state index in [0.717, 1.165) is 19.3 Å². The Labute approximate surface area is 113 Å². The third-order valence-corrected chi connectivity index (χ3v) is 3.33. The lowest BCUT2D eigenvalue weighted by atomic mass is 10.1. The van der Waals surface area contributed by atoms with Crippen LogP contribution in [0.3, 0.4) is 0 Å². The molecule has 0 saturated carbocycles. The summed E-state index contributed by atoms with van der Waals surface area (Å²) in [5.74, 6) is 0.0376. The van der Waals surface area contributed by atoms with Crippen LogP contribution in [0.5, 0.6) is 0 Å². The Morgan fingerprint density at radius 2 is 2.00 bits per heavy atom. The van der Waals surface area contributed by atoms with E-state index in [9.17, 15) is 9.59 Å². The molecular formula is C15H20N2O2. The van der Waals surface area contributed by atoms with Crippen molar-refractivity contribution in [1.82, 2.24) is 10.2 Å². The second-order valence-corrected chi connectivity index (χ2v) is 4.86. The van der Waals surface area contributed by atoms with Gasteiger partial charge < -0.3 is 10.2 Å².